The van der Waals surface area contributed by atoms with Crippen LogP contribution in [0, 0.1) is 0 Å². The second-order valence-corrected chi connectivity index (χ2v) is 10.6. The molecule has 0 saturated heterocycles. The molecule has 5 nitrogen and oxygen atoms in total. The van der Waals surface area contributed by atoms with Gasteiger partial charge in [0, 0.05) is 45.2 Å². The fourth-order valence-corrected chi connectivity index (χ4v) is 6.40. The summed E-state index contributed by atoms with van der Waals surface area (Å²) in [6, 6.07) is 41.0. The van der Waals surface area contributed by atoms with Crippen LogP contribution in [0.2, 0.25) is 0 Å². The number of rotatable bonds is 3. The Hall–Kier alpha value is -5.81. The summed E-state index contributed by atoms with van der Waals surface area (Å²) >= 11 is 0. The van der Waals surface area contributed by atoms with E-state index in [-0.39, 0.29) is 0 Å². The molecule has 9 rings (SSSR count). The summed E-state index contributed by atoms with van der Waals surface area (Å²) < 4.78 is 4.65. The molecule has 0 radical (unpaired) electrons. The number of hydrogen-bond donors (Lipinski definition) is 0. The van der Waals surface area contributed by atoms with Crippen LogP contribution in [0.25, 0.3) is 77.1 Å². The van der Waals surface area contributed by atoms with Crippen molar-refractivity contribution in [2.75, 3.05) is 0 Å². The first kappa shape index (κ1) is 22.9. The molecule has 0 fully saturated rings. The number of pyridine rings is 1. The zero-order valence-corrected chi connectivity index (χ0v) is 22.5. The van der Waals surface area contributed by atoms with Crippen LogP contribution in [0.1, 0.15) is 0 Å². The second kappa shape index (κ2) is 8.85. The van der Waals surface area contributed by atoms with Crippen LogP contribution in [0.15, 0.2) is 140 Å². The molecule has 42 heavy (non-hydrogen) atoms. The highest BCUT2D eigenvalue weighted by Gasteiger charge is 2.17. The lowest BCUT2D eigenvalue weighted by Crippen LogP contribution is -1.98. The topological polar surface area (TPSA) is 48.5 Å². The van der Waals surface area contributed by atoms with E-state index in [0.29, 0.717) is 5.82 Å². The lowest BCUT2D eigenvalue weighted by molar-refractivity contribution is 1.08. The maximum absolute atomic E-state index is 4.73. The molecule has 0 atom stereocenters. The maximum Gasteiger partial charge on any atom is 0.159 e. The molecule has 196 valence electrons. The van der Waals surface area contributed by atoms with Crippen molar-refractivity contribution in [2.24, 2.45) is 0 Å². The smallest absolute Gasteiger partial charge is 0.159 e. The summed E-state index contributed by atoms with van der Waals surface area (Å²) in [5.41, 5.74) is 7.72. The summed E-state index contributed by atoms with van der Waals surface area (Å²) in [5.74, 6) is 0.685. The summed E-state index contributed by atoms with van der Waals surface area (Å²) in [7, 11) is 0. The molecule has 4 aromatic heterocycles. The van der Waals surface area contributed by atoms with E-state index in [2.05, 4.69) is 117 Å². The molecule has 0 aliphatic carbocycles. The van der Waals surface area contributed by atoms with E-state index >= 15 is 0 Å². The fourth-order valence-electron chi connectivity index (χ4n) is 6.40. The molecular weight excluding hydrogens is 514 g/mol. The Morgan fingerprint density at radius 3 is 1.55 bits per heavy atom. The normalized spacial score (nSPS) is 11.8. The number of benzene rings is 5. The molecule has 5 heteroatoms. The second-order valence-electron chi connectivity index (χ2n) is 10.6. The average Bonchev–Trinajstić information content (AvgIpc) is 3.55. The maximum atomic E-state index is 4.73. The number of para-hydroxylation sites is 3. The van der Waals surface area contributed by atoms with E-state index in [1.165, 1.54) is 43.4 Å². The van der Waals surface area contributed by atoms with E-state index in [1.807, 2.05) is 24.5 Å². The largest absolute Gasteiger partial charge is 0.309 e. The summed E-state index contributed by atoms with van der Waals surface area (Å²) in [5, 5.41) is 7.31. The molecule has 0 spiro atoms. The van der Waals surface area contributed by atoms with E-state index in [9.17, 15) is 0 Å². The van der Waals surface area contributed by atoms with E-state index in [1.54, 1.807) is 12.4 Å². The van der Waals surface area contributed by atoms with Crippen molar-refractivity contribution in [1.82, 2.24) is 24.1 Å². The molecule has 0 bridgehead atoms. The molecule has 0 aliphatic heterocycles. The first-order chi connectivity index (χ1) is 20.8. The van der Waals surface area contributed by atoms with E-state index in [4.69, 9.17) is 9.97 Å². The molecule has 4 heterocycles. The van der Waals surface area contributed by atoms with Gasteiger partial charge < -0.3 is 9.13 Å². The molecule has 0 amide bonds. The van der Waals surface area contributed by atoms with Crippen molar-refractivity contribution in [1.29, 1.82) is 0 Å². The highest BCUT2D eigenvalue weighted by Crippen LogP contribution is 2.39. The lowest BCUT2D eigenvalue weighted by Gasteiger charge is -2.10. The van der Waals surface area contributed by atoms with Gasteiger partial charge in [-0.25, -0.2) is 9.97 Å². The van der Waals surface area contributed by atoms with Gasteiger partial charge in [-0.2, -0.15) is 0 Å². The third kappa shape index (κ3) is 3.34. The Bertz CT molecular complexity index is 2440. The molecule has 0 saturated carbocycles. The van der Waals surface area contributed by atoms with Gasteiger partial charge in [0.1, 0.15) is 0 Å². The predicted octanol–water partition coefficient (Wildman–Crippen LogP) is 8.89. The standard InChI is InChI=1S/C37H23N5/c1-2-8-27(9-3-1)41-33-12-6-4-10-29(33)31-18-26-21-36-32(19-25(26)20-35(31)41)30-11-5-7-13-34(30)42(36)28-22-39-37(40-23-28)24-14-16-38-17-15-24/h1-23H. The minimum atomic E-state index is 0.685. The van der Waals surface area contributed by atoms with Crippen LogP contribution in [0.3, 0.4) is 0 Å². The Kier molecular flexibility index (Phi) is 4.83. The van der Waals surface area contributed by atoms with Crippen LogP contribution >= 0.6 is 0 Å². The van der Waals surface area contributed by atoms with Crippen LogP contribution in [0.4, 0.5) is 0 Å². The Labute approximate surface area is 241 Å². The lowest BCUT2D eigenvalue weighted by atomic mass is 10.0. The highest BCUT2D eigenvalue weighted by molar-refractivity contribution is 6.18. The van der Waals surface area contributed by atoms with Gasteiger partial charge in [-0.1, -0.05) is 54.6 Å². The van der Waals surface area contributed by atoms with Gasteiger partial charge in [-0.15, -0.1) is 0 Å². The van der Waals surface area contributed by atoms with Gasteiger partial charge in [0.05, 0.1) is 40.1 Å². The van der Waals surface area contributed by atoms with Gasteiger partial charge in [-0.3, -0.25) is 4.98 Å². The zero-order valence-electron chi connectivity index (χ0n) is 22.5. The third-order valence-electron chi connectivity index (χ3n) is 8.27. The average molecular weight is 538 g/mol. The van der Waals surface area contributed by atoms with Crippen molar-refractivity contribution in [3.8, 4) is 22.8 Å². The van der Waals surface area contributed by atoms with Crippen molar-refractivity contribution in [3.05, 3.63) is 140 Å². The zero-order chi connectivity index (χ0) is 27.6. The van der Waals surface area contributed by atoms with Crippen molar-refractivity contribution in [3.63, 3.8) is 0 Å². The third-order valence-corrected chi connectivity index (χ3v) is 8.27. The number of aromatic nitrogens is 5. The SMILES string of the molecule is c1ccc(-n2c3ccccc3c3cc4cc5c(cc4cc32)c2ccccc2n5-c2cnc(-c3ccncc3)nc2)cc1. The van der Waals surface area contributed by atoms with Gasteiger partial charge >= 0.3 is 0 Å². The number of fused-ring (bicyclic) bond motifs is 7. The number of hydrogen-bond acceptors (Lipinski definition) is 3. The summed E-state index contributed by atoms with van der Waals surface area (Å²) in [4.78, 5) is 13.6. The molecule has 0 aliphatic rings. The molecule has 5 aromatic carbocycles. The van der Waals surface area contributed by atoms with Crippen LogP contribution in [-0.2, 0) is 0 Å². The van der Waals surface area contributed by atoms with Gasteiger partial charge in [0.25, 0.3) is 0 Å². The molecule has 0 unspecified atom stereocenters. The van der Waals surface area contributed by atoms with E-state index < -0.39 is 0 Å². The van der Waals surface area contributed by atoms with Gasteiger partial charge in [-0.05, 0) is 71.4 Å². The quantitative estimate of drug-likeness (QED) is 0.226. The van der Waals surface area contributed by atoms with Crippen LogP contribution in [0.5, 0.6) is 0 Å². The summed E-state index contributed by atoms with van der Waals surface area (Å²) in [6.07, 6.45) is 7.35. The van der Waals surface area contributed by atoms with Crippen LogP contribution in [-0.4, -0.2) is 24.1 Å². The minimum absolute atomic E-state index is 0.685. The van der Waals surface area contributed by atoms with Crippen molar-refractivity contribution < 1.29 is 0 Å². The Balaban J connectivity index is 1.32. The van der Waals surface area contributed by atoms with E-state index in [0.717, 1.165) is 28.0 Å². The first-order valence-corrected chi connectivity index (χ1v) is 14.0. The van der Waals surface area contributed by atoms with Gasteiger partial charge in [0.15, 0.2) is 5.82 Å². The molecule has 9 aromatic rings. The predicted molar refractivity (Wildman–Crippen MR) is 171 cm³/mol. The van der Waals surface area contributed by atoms with Crippen molar-refractivity contribution >= 4 is 54.4 Å². The Morgan fingerprint density at radius 1 is 0.429 bits per heavy atom. The molecular formula is C37H23N5. The first-order valence-electron chi connectivity index (χ1n) is 14.0. The van der Waals surface area contributed by atoms with Crippen molar-refractivity contribution in [2.45, 2.75) is 0 Å². The monoisotopic (exact) mass is 537 g/mol. The van der Waals surface area contributed by atoms with Crippen LogP contribution < -0.4 is 0 Å². The Morgan fingerprint density at radius 2 is 0.952 bits per heavy atom. The fraction of sp³-hybridized carbons (Fsp3) is 0. The highest BCUT2D eigenvalue weighted by atomic mass is 15.0. The number of nitrogens with zero attached hydrogens (tertiary/aromatic N) is 5. The van der Waals surface area contributed by atoms with Gasteiger partial charge in [0.2, 0.25) is 0 Å². The molecule has 0 N–H and O–H groups in total. The minimum Gasteiger partial charge on any atom is -0.309 e. The summed E-state index contributed by atoms with van der Waals surface area (Å²) in [6.45, 7) is 0.